The van der Waals surface area contributed by atoms with Crippen molar-refractivity contribution in [3.05, 3.63) is 58.1 Å². The summed E-state index contributed by atoms with van der Waals surface area (Å²) in [5.74, 6) is 1.23. The highest BCUT2D eigenvalue weighted by atomic mass is 79.9. The molecule has 0 fully saturated rings. The molecule has 0 aromatic heterocycles. The average Bonchev–Trinajstić information content (AvgIpc) is 2.71. The lowest BCUT2D eigenvalue weighted by Gasteiger charge is -2.06. The molecule has 0 radical (unpaired) electrons. The van der Waals surface area contributed by atoms with E-state index in [2.05, 4.69) is 33.4 Å². The molecular weight excluding hydrogens is 420 g/mol. The third-order valence-electron chi connectivity index (χ3n) is 4.19. The fraction of sp³-hybridized carbons (Fsp3) is 0.364. The highest BCUT2D eigenvalue weighted by Crippen LogP contribution is 2.25. The van der Waals surface area contributed by atoms with Crippen molar-refractivity contribution in [3.63, 3.8) is 0 Å². The fourth-order valence-electron chi connectivity index (χ4n) is 2.58. The van der Waals surface area contributed by atoms with Crippen LogP contribution in [-0.4, -0.2) is 25.8 Å². The summed E-state index contributed by atoms with van der Waals surface area (Å²) in [6, 6.07) is 12.7. The van der Waals surface area contributed by atoms with Gasteiger partial charge in [-0.2, -0.15) is 5.10 Å². The molecule has 0 saturated carbocycles. The van der Waals surface area contributed by atoms with E-state index in [1.807, 2.05) is 24.3 Å². The number of benzene rings is 2. The normalized spacial score (nSPS) is 10.8. The predicted molar refractivity (Wildman–Crippen MR) is 116 cm³/mol. The molecule has 0 bridgehead atoms. The second-order valence-corrected chi connectivity index (χ2v) is 7.23. The minimum atomic E-state index is -0.289. The molecule has 2 aromatic rings. The highest BCUT2D eigenvalue weighted by Gasteiger charge is 2.07. The molecular formula is C22H27BrN2O3. The van der Waals surface area contributed by atoms with E-state index in [0.717, 1.165) is 24.3 Å². The Morgan fingerprint density at radius 3 is 2.54 bits per heavy atom. The number of halogens is 1. The maximum atomic E-state index is 12.1. The summed E-state index contributed by atoms with van der Waals surface area (Å²) in [7, 11) is 1.58. The lowest BCUT2D eigenvalue weighted by Crippen LogP contribution is -2.17. The van der Waals surface area contributed by atoms with Crippen LogP contribution < -0.4 is 14.9 Å². The number of hydrazone groups is 1. The van der Waals surface area contributed by atoms with Crippen molar-refractivity contribution in [1.29, 1.82) is 0 Å². The van der Waals surface area contributed by atoms with Crippen molar-refractivity contribution in [1.82, 2.24) is 5.43 Å². The quantitative estimate of drug-likeness (QED) is 0.278. The molecule has 0 unspecified atom stereocenters. The molecule has 2 aromatic carbocycles. The van der Waals surface area contributed by atoms with E-state index >= 15 is 0 Å². The Morgan fingerprint density at radius 1 is 1.11 bits per heavy atom. The SMILES string of the molecule is CCCCCCCOc1ccc(/C=N\NC(=O)c2ccc(OC)c(Br)c2)cc1. The van der Waals surface area contributed by atoms with Crippen LogP contribution >= 0.6 is 15.9 Å². The van der Waals surface area contributed by atoms with E-state index in [0.29, 0.717) is 15.8 Å². The lowest BCUT2D eigenvalue weighted by atomic mass is 10.2. The van der Waals surface area contributed by atoms with Crippen molar-refractivity contribution in [2.45, 2.75) is 39.0 Å². The van der Waals surface area contributed by atoms with Gasteiger partial charge < -0.3 is 9.47 Å². The van der Waals surface area contributed by atoms with Gasteiger partial charge in [0.25, 0.3) is 5.91 Å². The molecule has 0 heterocycles. The van der Waals surface area contributed by atoms with Gasteiger partial charge in [0.15, 0.2) is 0 Å². The van der Waals surface area contributed by atoms with Gasteiger partial charge in [-0.1, -0.05) is 32.6 Å². The number of hydrogen-bond donors (Lipinski definition) is 1. The summed E-state index contributed by atoms with van der Waals surface area (Å²) in [4.78, 5) is 12.1. The predicted octanol–water partition coefficient (Wildman–Crippen LogP) is 5.57. The zero-order valence-corrected chi connectivity index (χ0v) is 18.0. The first-order valence-electron chi connectivity index (χ1n) is 9.54. The second-order valence-electron chi connectivity index (χ2n) is 6.38. The maximum Gasteiger partial charge on any atom is 0.271 e. The zero-order chi connectivity index (χ0) is 20.2. The largest absolute Gasteiger partial charge is 0.496 e. The number of hydrogen-bond acceptors (Lipinski definition) is 4. The Labute approximate surface area is 175 Å². The molecule has 0 aliphatic carbocycles. The Morgan fingerprint density at radius 2 is 1.86 bits per heavy atom. The van der Waals surface area contributed by atoms with E-state index < -0.39 is 0 Å². The number of rotatable bonds is 11. The van der Waals surface area contributed by atoms with Crippen molar-refractivity contribution >= 4 is 28.1 Å². The van der Waals surface area contributed by atoms with Gasteiger partial charge >= 0.3 is 0 Å². The molecule has 28 heavy (non-hydrogen) atoms. The van der Waals surface area contributed by atoms with Gasteiger partial charge in [-0.3, -0.25) is 4.79 Å². The fourth-order valence-corrected chi connectivity index (χ4v) is 3.12. The van der Waals surface area contributed by atoms with Crippen LogP contribution in [0.1, 0.15) is 54.9 Å². The first-order chi connectivity index (χ1) is 13.6. The Kier molecular flexibility index (Phi) is 9.55. The molecule has 0 atom stereocenters. The Balaban J connectivity index is 1.77. The third-order valence-corrected chi connectivity index (χ3v) is 4.81. The number of nitrogens with zero attached hydrogens (tertiary/aromatic N) is 1. The summed E-state index contributed by atoms with van der Waals surface area (Å²) in [6.45, 7) is 2.95. The van der Waals surface area contributed by atoms with E-state index in [1.165, 1.54) is 25.7 Å². The number of methoxy groups -OCH3 is 1. The van der Waals surface area contributed by atoms with E-state index in [-0.39, 0.29) is 5.91 Å². The van der Waals surface area contributed by atoms with Crippen LogP contribution in [0.25, 0.3) is 0 Å². The molecule has 0 aliphatic heterocycles. The Hall–Kier alpha value is -2.34. The van der Waals surface area contributed by atoms with Crippen molar-refractivity contribution < 1.29 is 14.3 Å². The van der Waals surface area contributed by atoms with Gasteiger partial charge in [0.05, 0.1) is 24.4 Å². The molecule has 1 amide bonds. The van der Waals surface area contributed by atoms with E-state index in [4.69, 9.17) is 9.47 Å². The van der Waals surface area contributed by atoms with Crippen LogP contribution in [0.2, 0.25) is 0 Å². The van der Waals surface area contributed by atoms with Crippen LogP contribution in [0.3, 0.4) is 0 Å². The molecule has 0 aliphatic rings. The van der Waals surface area contributed by atoms with Crippen LogP contribution in [0.5, 0.6) is 11.5 Å². The summed E-state index contributed by atoms with van der Waals surface area (Å²) in [6.07, 6.45) is 7.71. The van der Waals surface area contributed by atoms with Crippen LogP contribution in [0.4, 0.5) is 0 Å². The van der Waals surface area contributed by atoms with Crippen molar-refractivity contribution in [3.8, 4) is 11.5 Å². The van der Waals surface area contributed by atoms with Gasteiger partial charge in [-0.25, -0.2) is 5.43 Å². The molecule has 0 saturated heterocycles. The minimum absolute atomic E-state index is 0.289. The zero-order valence-electron chi connectivity index (χ0n) is 16.4. The average molecular weight is 447 g/mol. The number of carbonyl (C=O) groups excluding carboxylic acids is 1. The van der Waals surface area contributed by atoms with E-state index in [1.54, 1.807) is 31.5 Å². The number of carbonyl (C=O) groups is 1. The van der Waals surface area contributed by atoms with Crippen molar-refractivity contribution in [2.75, 3.05) is 13.7 Å². The first-order valence-corrected chi connectivity index (χ1v) is 10.3. The summed E-state index contributed by atoms with van der Waals surface area (Å²) >= 11 is 3.37. The molecule has 5 nitrogen and oxygen atoms in total. The van der Waals surface area contributed by atoms with Gasteiger partial charge in [0.1, 0.15) is 11.5 Å². The third kappa shape index (κ3) is 7.35. The number of ether oxygens (including phenoxy) is 2. The standard InChI is InChI=1S/C22H27BrN2O3/c1-3-4-5-6-7-14-28-19-11-8-17(9-12-19)16-24-25-22(26)18-10-13-21(27-2)20(23)15-18/h8-13,15-16H,3-7,14H2,1-2H3,(H,25,26)/b24-16-. The molecule has 150 valence electrons. The summed E-state index contributed by atoms with van der Waals surface area (Å²) in [5, 5.41) is 4.01. The lowest BCUT2D eigenvalue weighted by molar-refractivity contribution is 0.0955. The van der Waals surface area contributed by atoms with Gasteiger partial charge in [0, 0.05) is 5.56 Å². The van der Waals surface area contributed by atoms with Crippen LogP contribution in [0.15, 0.2) is 52.0 Å². The number of unbranched alkanes of at least 4 members (excludes halogenated alkanes) is 4. The van der Waals surface area contributed by atoms with Gasteiger partial charge in [0.2, 0.25) is 0 Å². The molecule has 1 N–H and O–H groups in total. The Bertz CT molecular complexity index is 776. The van der Waals surface area contributed by atoms with Gasteiger partial charge in [-0.15, -0.1) is 0 Å². The smallest absolute Gasteiger partial charge is 0.271 e. The summed E-state index contributed by atoms with van der Waals surface area (Å²) < 4.78 is 11.6. The van der Waals surface area contributed by atoms with Crippen LogP contribution in [-0.2, 0) is 0 Å². The topological polar surface area (TPSA) is 59.9 Å². The van der Waals surface area contributed by atoms with E-state index in [9.17, 15) is 4.79 Å². The number of amides is 1. The van der Waals surface area contributed by atoms with Gasteiger partial charge in [-0.05, 0) is 70.4 Å². The van der Waals surface area contributed by atoms with Crippen LogP contribution in [0, 0.1) is 0 Å². The minimum Gasteiger partial charge on any atom is -0.496 e. The second kappa shape index (κ2) is 12.2. The molecule has 6 heteroatoms. The summed E-state index contributed by atoms with van der Waals surface area (Å²) in [5.41, 5.74) is 3.90. The highest BCUT2D eigenvalue weighted by molar-refractivity contribution is 9.10. The molecule has 2 rings (SSSR count). The maximum absolute atomic E-state index is 12.1. The monoisotopic (exact) mass is 446 g/mol. The number of nitrogens with one attached hydrogen (secondary N) is 1. The molecule has 0 spiro atoms. The first kappa shape index (κ1) is 22.0. The van der Waals surface area contributed by atoms with Crippen molar-refractivity contribution in [2.24, 2.45) is 5.10 Å².